The molecule has 0 N–H and O–H groups in total. The summed E-state index contributed by atoms with van der Waals surface area (Å²) in [6, 6.07) is 0. The number of allylic oxidation sites excluding steroid dienone is 10. The second kappa shape index (κ2) is 51.0. The number of esters is 2. The molecule has 0 aliphatic heterocycles. The third kappa shape index (κ3) is 48.3. The largest absolute Gasteiger partial charge is 0.462 e. The summed E-state index contributed by atoms with van der Waals surface area (Å²) in [7, 11) is 0. The lowest BCUT2D eigenvalue weighted by Crippen LogP contribution is -2.30. The molecule has 5 heteroatoms. The summed E-state index contributed by atoms with van der Waals surface area (Å²) in [5.41, 5.74) is 0. The Morgan fingerprint density at radius 1 is 0.367 bits per heavy atom. The third-order valence-electron chi connectivity index (χ3n) is 11.0. The van der Waals surface area contributed by atoms with Crippen molar-refractivity contribution in [3.8, 4) is 0 Å². The Bertz CT molecular complexity index is 1040. The van der Waals surface area contributed by atoms with Crippen LogP contribution in [0.15, 0.2) is 60.8 Å². The first-order valence-corrected chi connectivity index (χ1v) is 25.8. The fourth-order valence-electron chi connectivity index (χ4n) is 7.14. The lowest BCUT2D eigenvalue weighted by atomic mass is 10.1. The van der Waals surface area contributed by atoms with Crippen LogP contribution in [-0.4, -0.2) is 37.9 Å². The summed E-state index contributed by atoms with van der Waals surface area (Å²) in [6.07, 6.45) is 63.7. The average molecular weight is 839 g/mol. The Morgan fingerprint density at radius 2 is 0.733 bits per heavy atom. The Labute approximate surface area is 373 Å². The van der Waals surface area contributed by atoms with Crippen LogP contribution in [0.2, 0.25) is 0 Å². The highest BCUT2D eigenvalue weighted by atomic mass is 16.6. The van der Waals surface area contributed by atoms with Gasteiger partial charge in [-0.05, 0) is 83.5 Å². The molecule has 0 aromatic heterocycles. The van der Waals surface area contributed by atoms with Gasteiger partial charge in [-0.25, -0.2) is 0 Å². The molecule has 60 heavy (non-hydrogen) atoms. The topological polar surface area (TPSA) is 61.8 Å². The predicted molar refractivity (Wildman–Crippen MR) is 261 cm³/mol. The fraction of sp³-hybridized carbons (Fsp3) is 0.782. The van der Waals surface area contributed by atoms with E-state index in [1.54, 1.807) is 0 Å². The van der Waals surface area contributed by atoms with E-state index < -0.39 is 6.10 Å². The van der Waals surface area contributed by atoms with E-state index in [1.807, 2.05) is 0 Å². The van der Waals surface area contributed by atoms with E-state index in [2.05, 4.69) is 81.5 Å². The first-order valence-electron chi connectivity index (χ1n) is 25.8. The van der Waals surface area contributed by atoms with E-state index in [4.69, 9.17) is 14.2 Å². The number of hydrogen-bond donors (Lipinski definition) is 0. The van der Waals surface area contributed by atoms with Gasteiger partial charge in [-0.2, -0.15) is 0 Å². The maximum absolute atomic E-state index is 12.8. The smallest absolute Gasteiger partial charge is 0.306 e. The van der Waals surface area contributed by atoms with Crippen LogP contribution in [0, 0.1) is 0 Å². The molecule has 0 fully saturated rings. The lowest BCUT2D eigenvalue weighted by molar-refractivity contribution is -0.163. The third-order valence-corrected chi connectivity index (χ3v) is 11.0. The molecule has 0 aliphatic rings. The molecule has 1 atom stereocenters. The van der Waals surface area contributed by atoms with Gasteiger partial charge in [0.05, 0.1) is 6.61 Å². The van der Waals surface area contributed by atoms with Gasteiger partial charge in [0.2, 0.25) is 0 Å². The lowest BCUT2D eigenvalue weighted by Gasteiger charge is -2.18. The summed E-state index contributed by atoms with van der Waals surface area (Å²) < 4.78 is 17.4. The Morgan fingerprint density at radius 3 is 1.22 bits per heavy atom. The summed E-state index contributed by atoms with van der Waals surface area (Å²) in [5.74, 6) is -0.414. The Hall–Kier alpha value is -2.40. The zero-order valence-electron chi connectivity index (χ0n) is 40.0. The molecule has 0 aromatic rings. The van der Waals surface area contributed by atoms with Crippen molar-refractivity contribution in [2.75, 3.05) is 19.8 Å². The molecule has 0 aliphatic carbocycles. The monoisotopic (exact) mass is 839 g/mol. The molecular formula is C55H98O5. The molecule has 0 rings (SSSR count). The summed E-state index contributed by atoms with van der Waals surface area (Å²) in [5, 5.41) is 0. The van der Waals surface area contributed by atoms with Crippen molar-refractivity contribution in [3.05, 3.63) is 60.8 Å². The van der Waals surface area contributed by atoms with E-state index >= 15 is 0 Å². The van der Waals surface area contributed by atoms with Gasteiger partial charge >= 0.3 is 11.9 Å². The highest BCUT2D eigenvalue weighted by Crippen LogP contribution is 2.14. The van der Waals surface area contributed by atoms with Crippen LogP contribution in [0.4, 0.5) is 0 Å². The summed E-state index contributed by atoms with van der Waals surface area (Å²) in [6.45, 7) is 7.71. The summed E-state index contributed by atoms with van der Waals surface area (Å²) >= 11 is 0. The molecule has 0 aromatic carbocycles. The first kappa shape index (κ1) is 57.6. The van der Waals surface area contributed by atoms with Crippen molar-refractivity contribution in [3.63, 3.8) is 0 Å². The normalized spacial score (nSPS) is 12.7. The Kier molecular flexibility index (Phi) is 48.9. The van der Waals surface area contributed by atoms with Gasteiger partial charge in [-0.1, -0.05) is 216 Å². The molecular weight excluding hydrogens is 741 g/mol. The zero-order chi connectivity index (χ0) is 43.5. The van der Waals surface area contributed by atoms with Crippen LogP contribution in [0.5, 0.6) is 0 Å². The molecule has 0 bridgehead atoms. The van der Waals surface area contributed by atoms with E-state index in [0.717, 1.165) is 70.6 Å². The van der Waals surface area contributed by atoms with E-state index in [1.165, 1.54) is 148 Å². The maximum atomic E-state index is 12.8. The highest BCUT2D eigenvalue weighted by Gasteiger charge is 2.17. The van der Waals surface area contributed by atoms with Crippen LogP contribution in [0.25, 0.3) is 0 Å². The van der Waals surface area contributed by atoms with Crippen LogP contribution in [0.1, 0.15) is 252 Å². The van der Waals surface area contributed by atoms with Crippen LogP contribution >= 0.6 is 0 Å². The van der Waals surface area contributed by atoms with E-state index in [-0.39, 0.29) is 25.2 Å². The van der Waals surface area contributed by atoms with Crippen molar-refractivity contribution in [2.24, 2.45) is 0 Å². The van der Waals surface area contributed by atoms with Gasteiger partial charge in [-0.15, -0.1) is 0 Å². The van der Waals surface area contributed by atoms with Gasteiger partial charge < -0.3 is 14.2 Å². The molecule has 0 radical (unpaired) electrons. The molecule has 5 nitrogen and oxygen atoms in total. The van der Waals surface area contributed by atoms with Gasteiger partial charge in [0.15, 0.2) is 6.10 Å². The SMILES string of the molecule is CCC/C=C\C/C=C\CCCCCCCC(=O)OCC(COCCCCCCCCC/C=C\C/C=C\C/C=C\CCCCC)OC(=O)CCCCCCCCCCCCC. The van der Waals surface area contributed by atoms with Crippen molar-refractivity contribution in [2.45, 2.75) is 258 Å². The van der Waals surface area contributed by atoms with E-state index in [0.29, 0.717) is 19.4 Å². The van der Waals surface area contributed by atoms with Gasteiger partial charge in [-0.3, -0.25) is 9.59 Å². The van der Waals surface area contributed by atoms with E-state index in [9.17, 15) is 9.59 Å². The number of carbonyl (C=O) groups is 2. The average Bonchev–Trinajstić information content (AvgIpc) is 3.25. The molecule has 0 amide bonds. The molecule has 1 unspecified atom stereocenters. The van der Waals surface area contributed by atoms with Gasteiger partial charge in [0.25, 0.3) is 0 Å². The minimum absolute atomic E-state index is 0.0749. The molecule has 348 valence electrons. The second-order valence-electron chi connectivity index (χ2n) is 17.1. The van der Waals surface area contributed by atoms with Gasteiger partial charge in [0, 0.05) is 19.4 Å². The van der Waals surface area contributed by atoms with Crippen molar-refractivity contribution < 1.29 is 23.8 Å². The number of rotatable bonds is 47. The van der Waals surface area contributed by atoms with Gasteiger partial charge in [0.1, 0.15) is 6.61 Å². The number of carbonyl (C=O) groups excluding carboxylic acids is 2. The Balaban J connectivity index is 4.24. The molecule has 0 saturated heterocycles. The quantitative estimate of drug-likeness (QED) is 0.0347. The van der Waals surface area contributed by atoms with Crippen LogP contribution in [-0.2, 0) is 23.8 Å². The number of ether oxygens (including phenoxy) is 3. The minimum atomic E-state index is -0.545. The van der Waals surface area contributed by atoms with Crippen molar-refractivity contribution in [1.82, 2.24) is 0 Å². The number of hydrogen-bond acceptors (Lipinski definition) is 5. The standard InChI is InChI=1S/C55H98O5/c1-4-7-10-13-16-19-22-24-25-26-27-28-29-30-32-35-38-41-44-47-50-58-51-53(60-55(57)49-46-43-40-37-33-21-18-15-12-9-6-3)52-59-54(56)48-45-42-39-36-34-31-23-20-17-14-11-8-5-2/h11,14,16,19-20,23-25,27-28,53H,4-10,12-13,15,17-18,21-22,26,29-52H2,1-3H3/b14-11-,19-16-,23-20-,25-24-,28-27-. The molecule has 0 heterocycles. The number of unbranched alkanes of at least 4 members (excludes halogenated alkanes) is 26. The second-order valence-corrected chi connectivity index (χ2v) is 17.1. The highest BCUT2D eigenvalue weighted by molar-refractivity contribution is 5.70. The van der Waals surface area contributed by atoms with Crippen LogP contribution < -0.4 is 0 Å². The fourth-order valence-corrected chi connectivity index (χ4v) is 7.14. The zero-order valence-corrected chi connectivity index (χ0v) is 40.0. The molecule has 0 spiro atoms. The van der Waals surface area contributed by atoms with Crippen molar-refractivity contribution in [1.29, 1.82) is 0 Å². The predicted octanol–water partition coefficient (Wildman–Crippen LogP) is 17.3. The first-order chi connectivity index (χ1) is 29.6. The molecule has 0 saturated carbocycles. The minimum Gasteiger partial charge on any atom is -0.462 e. The maximum Gasteiger partial charge on any atom is 0.306 e. The van der Waals surface area contributed by atoms with Crippen LogP contribution in [0.3, 0.4) is 0 Å². The van der Waals surface area contributed by atoms with Crippen molar-refractivity contribution >= 4 is 11.9 Å². The summed E-state index contributed by atoms with van der Waals surface area (Å²) in [4.78, 5) is 25.3.